The zero-order valence-corrected chi connectivity index (χ0v) is 27.0. The maximum absolute atomic E-state index is 6.44. The molecule has 0 saturated heterocycles. The summed E-state index contributed by atoms with van der Waals surface area (Å²) in [4.78, 5) is 14.9. The molecule has 0 fully saturated rings. The van der Waals surface area contributed by atoms with Crippen molar-refractivity contribution in [2.45, 2.75) is 0 Å². The van der Waals surface area contributed by atoms with Crippen LogP contribution in [-0.2, 0) is 0 Å². The second-order valence-corrected chi connectivity index (χ2v) is 12.8. The summed E-state index contributed by atoms with van der Waals surface area (Å²) < 4.78 is 19.0. The molecule has 0 aliphatic carbocycles. The number of fused-ring (bicyclic) bond motifs is 9. The van der Waals surface area contributed by atoms with Crippen LogP contribution in [0.5, 0.6) is 0 Å². The number of furan rings is 3. The molecule has 4 heterocycles. The highest BCUT2D eigenvalue weighted by Gasteiger charge is 2.18. The van der Waals surface area contributed by atoms with E-state index in [9.17, 15) is 0 Å². The summed E-state index contributed by atoms with van der Waals surface area (Å²) >= 11 is 0. The largest absolute Gasteiger partial charge is 0.456 e. The Kier molecular flexibility index (Phi) is 5.86. The van der Waals surface area contributed by atoms with Gasteiger partial charge in [-0.15, -0.1) is 0 Å². The first-order valence-electron chi connectivity index (χ1n) is 16.8. The monoisotopic (exact) mass is 655 g/mol. The highest BCUT2D eigenvalue weighted by atomic mass is 16.3. The summed E-state index contributed by atoms with van der Waals surface area (Å²) in [5, 5.41) is 6.40. The summed E-state index contributed by atoms with van der Waals surface area (Å²) in [5.74, 6) is 1.72. The fourth-order valence-electron chi connectivity index (χ4n) is 7.27. The van der Waals surface area contributed by atoms with Gasteiger partial charge in [-0.2, -0.15) is 0 Å². The van der Waals surface area contributed by atoms with Gasteiger partial charge < -0.3 is 13.3 Å². The molecule has 0 bridgehead atoms. The Balaban J connectivity index is 1.04. The van der Waals surface area contributed by atoms with Gasteiger partial charge >= 0.3 is 0 Å². The molecule has 51 heavy (non-hydrogen) atoms. The van der Waals surface area contributed by atoms with Crippen LogP contribution in [0.15, 0.2) is 165 Å². The molecule has 0 spiro atoms. The number of hydrogen-bond donors (Lipinski definition) is 0. The van der Waals surface area contributed by atoms with Crippen molar-refractivity contribution in [1.29, 1.82) is 0 Å². The zero-order valence-electron chi connectivity index (χ0n) is 27.0. The second-order valence-electron chi connectivity index (χ2n) is 12.8. The Bertz CT molecular complexity index is 3150. The van der Waals surface area contributed by atoms with E-state index in [1.165, 1.54) is 0 Å². The van der Waals surface area contributed by atoms with Crippen molar-refractivity contribution >= 4 is 65.8 Å². The Morgan fingerprint density at radius 2 is 0.804 bits per heavy atom. The van der Waals surface area contributed by atoms with Crippen molar-refractivity contribution in [3.8, 4) is 45.3 Å². The van der Waals surface area contributed by atoms with E-state index in [0.717, 1.165) is 93.6 Å². The minimum atomic E-state index is 0.558. The molecular weight excluding hydrogens is 631 g/mol. The van der Waals surface area contributed by atoms with Gasteiger partial charge in [-0.05, 0) is 54.1 Å². The third-order valence-electron chi connectivity index (χ3n) is 9.75. The average molecular weight is 656 g/mol. The van der Waals surface area contributed by atoms with Crippen LogP contribution < -0.4 is 0 Å². The number of aromatic nitrogens is 3. The third-order valence-corrected chi connectivity index (χ3v) is 9.75. The lowest BCUT2D eigenvalue weighted by Crippen LogP contribution is -2.00. The van der Waals surface area contributed by atoms with Crippen LogP contribution in [-0.4, -0.2) is 15.0 Å². The molecule has 6 nitrogen and oxygen atoms in total. The predicted octanol–water partition coefficient (Wildman–Crippen LogP) is 12.2. The molecule has 0 unspecified atom stereocenters. The van der Waals surface area contributed by atoms with Gasteiger partial charge in [0.25, 0.3) is 0 Å². The maximum atomic E-state index is 6.44. The van der Waals surface area contributed by atoms with E-state index in [4.69, 9.17) is 28.2 Å². The maximum Gasteiger partial charge on any atom is 0.164 e. The first-order chi connectivity index (χ1) is 25.2. The summed E-state index contributed by atoms with van der Waals surface area (Å²) in [6.07, 6.45) is 0. The normalized spacial score (nSPS) is 11.9. The highest BCUT2D eigenvalue weighted by molar-refractivity contribution is 6.12. The van der Waals surface area contributed by atoms with Crippen molar-refractivity contribution in [3.05, 3.63) is 152 Å². The molecule has 0 saturated carbocycles. The van der Waals surface area contributed by atoms with Crippen molar-refractivity contribution in [2.75, 3.05) is 0 Å². The van der Waals surface area contributed by atoms with Crippen LogP contribution in [0, 0.1) is 0 Å². The van der Waals surface area contributed by atoms with Gasteiger partial charge in [-0.25, -0.2) is 15.0 Å². The van der Waals surface area contributed by atoms with Gasteiger partial charge in [-0.1, -0.05) is 103 Å². The first-order valence-corrected chi connectivity index (χ1v) is 16.8. The smallest absolute Gasteiger partial charge is 0.164 e. The molecule has 238 valence electrons. The van der Waals surface area contributed by atoms with E-state index in [-0.39, 0.29) is 0 Å². The number of hydrogen-bond acceptors (Lipinski definition) is 6. The Morgan fingerprint density at radius 3 is 1.51 bits per heavy atom. The van der Waals surface area contributed by atoms with E-state index < -0.39 is 0 Å². The summed E-state index contributed by atoms with van der Waals surface area (Å²) in [5.41, 5.74) is 9.67. The standard InChI is InChI=1S/C45H25N3O3/c1-2-9-26(10-3-1)43-46-44(28-17-20-33-31-11-4-6-15-37(31)49-40(33)24-28)48-45(47-43)29-18-21-34-36-23-27(19-22-39(36)50-41(34)25-29)30-13-8-14-35-32-12-5-7-16-38(32)51-42(30)35/h1-25H. The summed E-state index contributed by atoms with van der Waals surface area (Å²) in [6.45, 7) is 0. The van der Waals surface area contributed by atoms with E-state index in [1.807, 2.05) is 91.0 Å². The van der Waals surface area contributed by atoms with E-state index in [0.29, 0.717) is 17.5 Å². The molecule has 4 aromatic heterocycles. The van der Waals surface area contributed by atoms with Crippen molar-refractivity contribution < 1.29 is 13.3 Å². The molecule has 0 aliphatic rings. The van der Waals surface area contributed by atoms with Gasteiger partial charge in [0, 0.05) is 54.6 Å². The molecule has 0 radical (unpaired) electrons. The summed E-state index contributed by atoms with van der Waals surface area (Å²) in [6, 6.07) is 51.1. The van der Waals surface area contributed by atoms with Gasteiger partial charge in [-0.3, -0.25) is 0 Å². The Morgan fingerprint density at radius 1 is 0.294 bits per heavy atom. The lowest BCUT2D eigenvalue weighted by Gasteiger charge is -2.08. The number of para-hydroxylation sites is 3. The lowest BCUT2D eigenvalue weighted by atomic mass is 10.00. The topological polar surface area (TPSA) is 78.1 Å². The minimum Gasteiger partial charge on any atom is -0.456 e. The van der Waals surface area contributed by atoms with Gasteiger partial charge in [0.1, 0.15) is 33.5 Å². The molecule has 6 heteroatoms. The molecule has 11 aromatic rings. The fourth-order valence-corrected chi connectivity index (χ4v) is 7.27. The zero-order chi connectivity index (χ0) is 33.5. The third kappa shape index (κ3) is 4.40. The molecule has 0 aliphatic heterocycles. The molecule has 0 amide bonds. The number of benzene rings is 7. The SMILES string of the molecule is c1ccc(-c2nc(-c3ccc4c(c3)oc3ccccc34)nc(-c3ccc4c(c3)oc3ccc(-c5cccc6c5oc5ccccc56)cc34)n2)cc1. The summed E-state index contributed by atoms with van der Waals surface area (Å²) in [7, 11) is 0. The number of rotatable bonds is 4. The van der Waals surface area contributed by atoms with Crippen LogP contribution in [0.1, 0.15) is 0 Å². The Labute approximate surface area is 290 Å². The van der Waals surface area contributed by atoms with Gasteiger partial charge in [0.2, 0.25) is 0 Å². The molecule has 0 N–H and O–H groups in total. The Hall–Kier alpha value is -7.05. The fraction of sp³-hybridized carbons (Fsp3) is 0. The highest BCUT2D eigenvalue weighted by Crippen LogP contribution is 2.39. The minimum absolute atomic E-state index is 0.558. The lowest BCUT2D eigenvalue weighted by molar-refractivity contribution is 0.668. The van der Waals surface area contributed by atoms with Crippen LogP contribution in [0.3, 0.4) is 0 Å². The van der Waals surface area contributed by atoms with Crippen LogP contribution >= 0.6 is 0 Å². The first kappa shape index (κ1) is 27.9. The predicted molar refractivity (Wildman–Crippen MR) is 203 cm³/mol. The molecule has 0 atom stereocenters. The molecule has 11 rings (SSSR count). The van der Waals surface area contributed by atoms with Crippen molar-refractivity contribution in [3.63, 3.8) is 0 Å². The van der Waals surface area contributed by atoms with E-state index in [2.05, 4.69) is 60.7 Å². The molecule has 7 aromatic carbocycles. The number of nitrogens with zero attached hydrogens (tertiary/aromatic N) is 3. The van der Waals surface area contributed by atoms with Crippen LogP contribution in [0.2, 0.25) is 0 Å². The average Bonchev–Trinajstić information content (AvgIpc) is 3.88. The quantitative estimate of drug-likeness (QED) is 0.188. The van der Waals surface area contributed by atoms with Gasteiger partial charge in [0.05, 0.1) is 0 Å². The van der Waals surface area contributed by atoms with Crippen LogP contribution in [0.4, 0.5) is 0 Å². The van der Waals surface area contributed by atoms with E-state index >= 15 is 0 Å². The molecular formula is C45H25N3O3. The van der Waals surface area contributed by atoms with E-state index in [1.54, 1.807) is 0 Å². The van der Waals surface area contributed by atoms with Gasteiger partial charge in [0.15, 0.2) is 17.5 Å². The second kappa shape index (κ2) is 10.7. The van der Waals surface area contributed by atoms with Crippen molar-refractivity contribution in [1.82, 2.24) is 15.0 Å². The van der Waals surface area contributed by atoms with Crippen LogP contribution in [0.25, 0.3) is 111 Å². The van der Waals surface area contributed by atoms with Crippen molar-refractivity contribution in [2.24, 2.45) is 0 Å².